The number of likely N-dealkylation sites (N-methyl/N-ethyl adjacent to an activating group) is 1. The summed E-state index contributed by atoms with van der Waals surface area (Å²) in [4.78, 5) is 39.5. The van der Waals surface area contributed by atoms with Gasteiger partial charge < -0.3 is 15.4 Å². The van der Waals surface area contributed by atoms with E-state index in [4.69, 9.17) is 20.6 Å². The van der Waals surface area contributed by atoms with Gasteiger partial charge in [-0.05, 0) is 59.4 Å². The molecule has 1 aliphatic rings. The van der Waals surface area contributed by atoms with E-state index in [1.807, 2.05) is 84.1 Å². The molecule has 3 aromatic heterocycles. The second kappa shape index (κ2) is 10.4. The van der Waals surface area contributed by atoms with Gasteiger partial charge in [0, 0.05) is 42.6 Å². The Morgan fingerprint density at radius 2 is 1.73 bits per heavy atom. The van der Waals surface area contributed by atoms with Gasteiger partial charge in [0.2, 0.25) is 5.95 Å². The Morgan fingerprint density at radius 1 is 1.05 bits per heavy atom. The molecule has 0 unspecified atom stereocenters. The number of pyridine rings is 1. The van der Waals surface area contributed by atoms with Crippen LogP contribution in [0.4, 0.5) is 10.7 Å². The van der Waals surface area contributed by atoms with Gasteiger partial charge in [-0.3, -0.25) is 9.88 Å². The zero-order chi connectivity index (χ0) is 28.8. The van der Waals surface area contributed by atoms with E-state index >= 15 is 0 Å². The van der Waals surface area contributed by atoms with Gasteiger partial charge in [-0.25, -0.2) is 23.7 Å². The Bertz CT molecular complexity index is 1600. The number of benzene rings is 1. The number of nitrogens with two attached hydrogens (primary N) is 1. The van der Waals surface area contributed by atoms with Crippen LogP contribution in [-0.2, 0) is 11.3 Å². The van der Waals surface area contributed by atoms with Gasteiger partial charge in [0.1, 0.15) is 5.60 Å². The van der Waals surface area contributed by atoms with Crippen molar-refractivity contribution in [2.24, 2.45) is 0 Å². The van der Waals surface area contributed by atoms with E-state index in [0.29, 0.717) is 36.5 Å². The molecule has 1 aliphatic heterocycles. The van der Waals surface area contributed by atoms with Crippen molar-refractivity contribution in [1.29, 1.82) is 0 Å². The van der Waals surface area contributed by atoms with Gasteiger partial charge in [-0.1, -0.05) is 30.3 Å². The van der Waals surface area contributed by atoms with E-state index in [0.717, 1.165) is 22.5 Å². The first-order valence-electron chi connectivity index (χ1n) is 13.4. The molecule has 4 aromatic rings. The third kappa shape index (κ3) is 5.42. The Labute approximate surface area is 233 Å². The molecule has 1 fully saturated rings. The number of anilines is 1. The number of rotatable bonds is 4. The molecule has 1 saturated heterocycles. The van der Waals surface area contributed by atoms with Gasteiger partial charge in [0.25, 0.3) is 0 Å². The molecular weight excluding hydrogens is 508 g/mol. The van der Waals surface area contributed by atoms with Gasteiger partial charge in [-0.2, -0.15) is 0 Å². The second-order valence-electron chi connectivity index (χ2n) is 11.4. The number of fused-ring (bicyclic) bond motifs is 1. The highest BCUT2D eigenvalue weighted by atomic mass is 16.6. The lowest BCUT2D eigenvalue weighted by molar-refractivity contribution is 0.00543. The molecule has 5 rings (SSSR count). The van der Waals surface area contributed by atoms with Crippen molar-refractivity contribution in [2.75, 3.05) is 32.4 Å². The van der Waals surface area contributed by atoms with Crippen molar-refractivity contribution < 1.29 is 9.53 Å². The van der Waals surface area contributed by atoms with Crippen LogP contribution in [0.25, 0.3) is 28.0 Å². The number of hydrogen-bond donors (Lipinski definition) is 1. The van der Waals surface area contributed by atoms with Crippen molar-refractivity contribution in [1.82, 2.24) is 33.9 Å². The van der Waals surface area contributed by atoms with E-state index in [1.54, 1.807) is 4.90 Å². The molecule has 2 N–H and O–H groups in total. The molecule has 0 bridgehead atoms. The predicted molar refractivity (Wildman–Crippen MR) is 154 cm³/mol. The first-order chi connectivity index (χ1) is 18.9. The second-order valence-corrected chi connectivity index (χ2v) is 11.4. The van der Waals surface area contributed by atoms with Crippen LogP contribution in [-0.4, -0.2) is 78.4 Å². The lowest BCUT2D eigenvalue weighted by atomic mass is 9.99. The maximum absolute atomic E-state index is 13.7. The van der Waals surface area contributed by atoms with Crippen LogP contribution in [0.2, 0.25) is 0 Å². The van der Waals surface area contributed by atoms with Crippen LogP contribution in [0.15, 0.2) is 47.3 Å². The summed E-state index contributed by atoms with van der Waals surface area (Å²) in [6.45, 7) is 11.3. The summed E-state index contributed by atoms with van der Waals surface area (Å²) in [7, 11) is 1.98. The van der Waals surface area contributed by atoms with Crippen molar-refractivity contribution in [3.8, 4) is 22.4 Å². The summed E-state index contributed by atoms with van der Waals surface area (Å²) in [5, 5.41) is 4.82. The highest BCUT2D eigenvalue weighted by Crippen LogP contribution is 2.34. The number of nitrogen functional groups attached to an aromatic ring is 1. The minimum atomic E-state index is -0.588. The quantitative estimate of drug-likeness (QED) is 0.415. The molecule has 40 heavy (non-hydrogen) atoms. The molecule has 1 aromatic carbocycles. The van der Waals surface area contributed by atoms with E-state index in [9.17, 15) is 9.59 Å². The van der Waals surface area contributed by atoms with Crippen molar-refractivity contribution in [2.45, 2.75) is 52.8 Å². The molecule has 210 valence electrons. The summed E-state index contributed by atoms with van der Waals surface area (Å²) in [6, 6.07) is 13.5. The van der Waals surface area contributed by atoms with Crippen molar-refractivity contribution >= 4 is 17.7 Å². The third-order valence-electron chi connectivity index (χ3n) is 6.99. The van der Waals surface area contributed by atoms with Crippen LogP contribution < -0.4 is 11.4 Å². The highest BCUT2D eigenvalue weighted by Gasteiger charge is 2.32. The molecule has 4 heterocycles. The number of piperazine rings is 1. The van der Waals surface area contributed by atoms with Crippen molar-refractivity contribution in [3.63, 3.8) is 0 Å². The summed E-state index contributed by atoms with van der Waals surface area (Å²) in [5.74, 6) is 0.0590. The first-order valence-corrected chi connectivity index (χ1v) is 13.4. The Balaban J connectivity index is 1.60. The minimum absolute atomic E-state index is 0.0590. The first kappa shape index (κ1) is 27.3. The topological polar surface area (TPSA) is 124 Å². The summed E-state index contributed by atoms with van der Waals surface area (Å²) in [6.07, 6.45) is -0.361. The fourth-order valence-electron chi connectivity index (χ4n) is 5.11. The fraction of sp³-hybridized carbons (Fsp3) is 0.414. The van der Waals surface area contributed by atoms with Crippen LogP contribution in [0.1, 0.15) is 32.2 Å². The van der Waals surface area contributed by atoms with Gasteiger partial charge >= 0.3 is 11.8 Å². The maximum atomic E-state index is 13.7. The smallest absolute Gasteiger partial charge is 0.410 e. The molecular formula is C29H36N8O3. The predicted octanol–water partition coefficient (Wildman–Crippen LogP) is 3.37. The number of carbonyl (C=O) groups excluding carboxylic acids is 1. The number of hydrogen-bond acceptors (Lipinski definition) is 8. The van der Waals surface area contributed by atoms with Crippen molar-refractivity contribution in [3.05, 3.63) is 64.3 Å². The highest BCUT2D eigenvalue weighted by molar-refractivity contribution is 5.90. The van der Waals surface area contributed by atoms with Crippen LogP contribution in [0, 0.1) is 13.8 Å². The summed E-state index contributed by atoms with van der Waals surface area (Å²) in [5.41, 5.74) is 10.6. The average molecular weight is 545 g/mol. The number of amides is 1. The number of nitrogens with zero attached hydrogens (tertiary/aromatic N) is 7. The van der Waals surface area contributed by atoms with Crippen LogP contribution >= 0.6 is 0 Å². The maximum Gasteiger partial charge on any atom is 0.410 e. The fourth-order valence-corrected chi connectivity index (χ4v) is 5.11. The SMILES string of the molecule is Cc1cc(-c2c(-c3ccccc3)nc(N)n3c(=O)n(C[C@H]4CN(C(=O)OC(C)(C)C)CCN4C)nc23)cc(C)n1. The van der Waals surface area contributed by atoms with Gasteiger partial charge in [0.05, 0.1) is 17.8 Å². The molecule has 11 heteroatoms. The summed E-state index contributed by atoms with van der Waals surface area (Å²) >= 11 is 0. The van der Waals surface area contributed by atoms with Crippen LogP contribution in [0.3, 0.4) is 0 Å². The molecule has 1 atom stereocenters. The van der Waals surface area contributed by atoms with E-state index in [-0.39, 0.29) is 30.3 Å². The third-order valence-corrected chi connectivity index (χ3v) is 6.99. The largest absolute Gasteiger partial charge is 0.444 e. The minimum Gasteiger partial charge on any atom is -0.444 e. The molecule has 11 nitrogen and oxygen atoms in total. The number of carbonyl (C=O) groups is 1. The summed E-state index contributed by atoms with van der Waals surface area (Å²) < 4.78 is 8.37. The van der Waals surface area contributed by atoms with E-state index < -0.39 is 5.60 Å². The zero-order valence-electron chi connectivity index (χ0n) is 23.9. The lowest BCUT2D eigenvalue weighted by Crippen LogP contribution is -2.56. The van der Waals surface area contributed by atoms with E-state index in [1.165, 1.54) is 9.08 Å². The molecule has 0 spiro atoms. The molecule has 0 aliphatic carbocycles. The van der Waals surface area contributed by atoms with Gasteiger partial charge in [0.15, 0.2) is 5.65 Å². The monoisotopic (exact) mass is 544 g/mol. The Hall–Kier alpha value is -4.25. The number of aromatic nitrogens is 5. The Morgan fingerprint density at radius 3 is 2.38 bits per heavy atom. The number of ether oxygens (including phenoxy) is 1. The molecule has 1 amide bonds. The zero-order valence-corrected chi connectivity index (χ0v) is 23.9. The van der Waals surface area contributed by atoms with E-state index in [2.05, 4.69) is 9.88 Å². The molecule has 0 radical (unpaired) electrons. The van der Waals surface area contributed by atoms with Gasteiger partial charge in [-0.15, -0.1) is 5.10 Å². The van der Waals surface area contributed by atoms with Crippen LogP contribution in [0.5, 0.6) is 0 Å². The number of aryl methyl sites for hydroxylation is 2. The standard InChI is InChI=1S/C29H36N8O3/c1-18-14-21(15-19(2)31-18)23-24(20-10-8-7-9-11-20)32-26(30)37-25(23)33-36(27(37)38)17-22-16-35(13-12-34(22)6)28(39)40-29(3,4)5/h7-11,14-15,22H,12-13,16-17H2,1-6H3,(H2,30,32)/t22-/m1/s1. The Kier molecular flexibility index (Phi) is 7.09. The average Bonchev–Trinajstić information content (AvgIpc) is 3.20. The molecule has 0 saturated carbocycles. The lowest BCUT2D eigenvalue weighted by Gasteiger charge is -2.39. The normalized spacial score (nSPS) is 16.4.